The maximum atomic E-state index is 5.60. The van der Waals surface area contributed by atoms with Crippen molar-refractivity contribution in [3.8, 4) is 12.3 Å². The Balaban J connectivity index is 2.32. The molecule has 0 aromatic heterocycles. The molecule has 1 atom stereocenters. The molecule has 0 unspecified atom stereocenters. The quantitative estimate of drug-likeness (QED) is 0.608. The number of hydrogen-bond acceptors (Lipinski definition) is 1. The highest BCUT2D eigenvalue weighted by molar-refractivity contribution is 5.52. The summed E-state index contributed by atoms with van der Waals surface area (Å²) in [6, 6.07) is 10.4. The second kappa shape index (κ2) is 3.38. The van der Waals surface area contributed by atoms with E-state index in [2.05, 4.69) is 42.0 Å². The molecule has 0 amide bonds. The zero-order valence-corrected chi connectivity index (χ0v) is 8.53. The Hall–Kier alpha value is -1.42. The molecule has 1 heteroatoms. The lowest BCUT2D eigenvalue weighted by atomic mass is 10.00. The van der Waals surface area contributed by atoms with Crippen molar-refractivity contribution in [1.29, 1.82) is 0 Å². The Morgan fingerprint density at radius 3 is 2.71 bits per heavy atom. The summed E-state index contributed by atoms with van der Waals surface area (Å²) in [4.78, 5) is 2.33. The van der Waals surface area contributed by atoms with Gasteiger partial charge in [-0.1, -0.05) is 24.1 Å². The number of rotatable bonds is 1. The van der Waals surface area contributed by atoms with E-state index in [0.29, 0.717) is 0 Å². The van der Waals surface area contributed by atoms with Crippen LogP contribution in [-0.2, 0) is 0 Å². The van der Waals surface area contributed by atoms with Crippen LogP contribution in [0.3, 0.4) is 0 Å². The number of terminal acetylenes is 1. The van der Waals surface area contributed by atoms with Gasteiger partial charge in [0, 0.05) is 12.2 Å². The molecule has 1 aromatic rings. The third-order valence-corrected chi connectivity index (χ3v) is 3.02. The maximum Gasteiger partial charge on any atom is 0.0982 e. The first-order valence-electron chi connectivity index (χ1n) is 5.07. The van der Waals surface area contributed by atoms with Crippen LogP contribution in [0.5, 0.6) is 0 Å². The lowest BCUT2D eigenvalue weighted by Crippen LogP contribution is -2.39. The van der Waals surface area contributed by atoms with Crippen LogP contribution in [0.15, 0.2) is 30.3 Å². The van der Waals surface area contributed by atoms with Gasteiger partial charge in [0.1, 0.15) is 0 Å². The van der Waals surface area contributed by atoms with Gasteiger partial charge in [-0.25, -0.2) is 0 Å². The van der Waals surface area contributed by atoms with Crippen LogP contribution in [0.2, 0.25) is 0 Å². The van der Waals surface area contributed by atoms with Crippen LogP contribution < -0.4 is 4.90 Å². The van der Waals surface area contributed by atoms with E-state index in [1.54, 1.807) is 0 Å². The second-order valence-electron chi connectivity index (χ2n) is 4.01. The first-order valence-corrected chi connectivity index (χ1v) is 5.07. The van der Waals surface area contributed by atoms with Crippen molar-refractivity contribution in [2.75, 3.05) is 11.4 Å². The van der Waals surface area contributed by atoms with Crippen molar-refractivity contribution in [1.82, 2.24) is 0 Å². The molecule has 1 aliphatic heterocycles. The van der Waals surface area contributed by atoms with E-state index in [1.165, 1.54) is 12.1 Å². The lowest BCUT2D eigenvalue weighted by Gasteiger charge is -2.32. The van der Waals surface area contributed by atoms with Crippen molar-refractivity contribution in [3.63, 3.8) is 0 Å². The van der Waals surface area contributed by atoms with Gasteiger partial charge < -0.3 is 4.90 Å². The summed E-state index contributed by atoms with van der Waals surface area (Å²) in [5.74, 6) is 2.91. The minimum Gasteiger partial charge on any atom is -0.355 e. The van der Waals surface area contributed by atoms with Crippen molar-refractivity contribution in [2.45, 2.75) is 25.3 Å². The monoisotopic (exact) mass is 185 g/mol. The van der Waals surface area contributed by atoms with Crippen LogP contribution in [0, 0.1) is 12.3 Å². The molecule has 1 saturated heterocycles. The average Bonchev–Trinajstić information content (AvgIpc) is 2.63. The van der Waals surface area contributed by atoms with E-state index in [4.69, 9.17) is 6.42 Å². The van der Waals surface area contributed by atoms with Gasteiger partial charge in [-0.15, -0.1) is 6.42 Å². The first-order chi connectivity index (χ1) is 6.76. The summed E-state index contributed by atoms with van der Waals surface area (Å²) < 4.78 is 0. The van der Waals surface area contributed by atoms with Gasteiger partial charge in [0.05, 0.1) is 5.54 Å². The van der Waals surface area contributed by atoms with E-state index >= 15 is 0 Å². The fraction of sp³-hybridized carbons (Fsp3) is 0.385. The highest BCUT2D eigenvalue weighted by atomic mass is 15.2. The first kappa shape index (κ1) is 9.15. The number of hydrogen-bond donors (Lipinski definition) is 0. The molecule has 0 N–H and O–H groups in total. The van der Waals surface area contributed by atoms with Crippen molar-refractivity contribution in [2.24, 2.45) is 0 Å². The van der Waals surface area contributed by atoms with Gasteiger partial charge in [0.25, 0.3) is 0 Å². The van der Waals surface area contributed by atoms with Gasteiger partial charge in [-0.2, -0.15) is 0 Å². The minimum absolute atomic E-state index is 0.0820. The van der Waals surface area contributed by atoms with Gasteiger partial charge in [-0.3, -0.25) is 0 Å². The summed E-state index contributed by atoms with van der Waals surface area (Å²) in [6.45, 7) is 3.22. The van der Waals surface area contributed by atoms with Crippen molar-refractivity contribution < 1.29 is 0 Å². The molecule has 0 spiro atoms. The maximum absolute atomic E-state index is 5.60. The average molecular weight is 185 g/mol. The normalized spacial score (nSPS) is 26.1. The molecule has 2 rings (SSSR count). The highest BCUT2D eigenvalue weighted by Gasteiger charge is 2.34. The molecule has 14 heavy (non-hydrogen) atoms. The number of para-hydroxylation sites is 1. The Morgan fingerprint density at radius 2 is 2.07 bits per heavy atom. The molecular formula is C13H15N. The number of nitrogens with zero attached hydrogens (tertiary/aromatic N) is 1. The van der Waals surface area contributed by atoms with Crippen LogP contribution in [0.25, 0.3) is 0 Å². The fourth-order valence-corrected chi connectivity index (χ4v) is 2.14. The molecule has 1 nitrogen and oxygen atoms in total. The van der Waals surface area contributed by atoms with Crippen LogP contribution in [0.1, 0.15) is 19.8 Å². The summed E-state index contributed by atoms with van der Waals surface area (Å²) in [6.07, 6.45) is 7.89. The molecule has 1 aromatic carbocycles. The summed E-state index contributed by atoms with van der Waals surface area (Å²) in [5.41, 5.74) is 1.16. The second-order valence-corrected chi connectivity index (χ2v) is 4.01. The molecule has 72 valence electrons. The summed E-state index contributed by atoms with van der Waals surface area (Å²) in [7, 11) is 0. The van der Waals surface area contributed by atoms with E-state index in [9.17, 15) is 0 Å². The van der Waals surface area contributed by atoms with Gasteiger partial charge in [0.15, 0.2) is 0 Å². The highest BCUT2D eigenvalue weighted by Crippen LogP contribution is 2.32. The third-order valence-electron chi connectivity index (χ3n) is 3.02. The van der Waals surface area contributed by atoms with E-state index < -0.39 is 0 Å². The SMILES string of the molecule is C#C[C@]1(C)CCCN1c1ccccc1. The molecule has 1 aliphatic rings. The zero-order chi connectivity index (χ0) is 10.0. The van der Waals surface area contributed by atoms with Crippen LogP contribution in [-0.4, -0.2) is 12.1 Å². The third kappa shape index (κ3) is 1.37. The van der Waals surface area contributed by atoms with Gasteiger partial charge in [0.2, 0.25) is 0 Å². The predicted octanol–water partition coefficient (Wildman–Crippen LogP) is 2.68. The number of anilines is 1. The molecule has 1 fully saturated rings. The molecule has 1 heterocycles. The van der Waals surface area contributed by atoms with Crippen molar-refractivity contribution >= 4 is 5.69 Å². The number of benzene rings is 1. The molecule has 0 bridgehead atoms. The van der Waals surface area contributed by atoms with E-state index in [1.807, 2.05) is 6.07 Å². The van der Waals surface area contributed by atoms with Gasteiger partial charge >= 0.3 is 0 Å². The Morgan fingerprint density at radius 1 is 1.36 bits per heavy atom. The predicted molar refractivity (Wildman–Crippen MR) is 60.3 cm³/mol. The standard InChI is InChI=1S/C13H15N/c1-3-13(2)10-7-11-14(13)12-8-5-4-6-9-12/h1,4-6,8-9H,7,10-11H2,2H3/t13-/m1/s1. The van der Waals surface area contributed by atoms with E-state index in [-0.39, 0.29) is 5.54 Å². The molecule has 0 aliphatic carbocycles. The Labute approximate surface area is 85.7 Å². The van der Waals surface area contributed by atoms with E-state index in [0.717, 1.165) is 13.0 Å². The molecular weight excluding hydrogens is 170 g/mol. The summed E-state index contributed by atoms with van der Waals surface area (Å²) >= 11 is 0. The molecule has 0 radical (unpaired) electrons. The topological polar surface area (TPSA) is 3.24 Å². The Bertz CT molecular complexity index is 349. The Kier molecular flexibility index (Phi) is 2.21. The minimum atomic E-state index is -0.0820. The van der Waals surface area contributed by atoms with Gasteiger partial charge in [-0.05, 0) is 31.9 Å². The van der Waals surface area contributed by atoms with Crippen LogP contribution >= 0.6 is 0 Å². The smallest absolute Gasteiger partial charge is 0.0982 e. The largest absolute Gasteiger partial charge is 0.355 e. The lowest BCUT2D eigenvalue weighted by molar-refractivity contribution is 0.604. The molecule has 0 saturated carbocycles. The zero-order valence-electron chi connectivity index (χ0n) is 8.53. The van der Waals surface area contributed by atoms with Crippen molar-refractivity contribution in [3.05, 3.63) is 30.3 Å². The summed E-state index contributed by atoms with van der Waals surface area (Å²) in [5, 5.41) is 0. The van der Waals surface area contributed by atoms with Crippen LogP contribution in [0.4, 0.5) is 5.69 Å². The fourth-order valence-electron chi connectivity index (χ4n) is 2.14.